The molecule has 1 amide bonds. The number of alkyl halides is 3. The number of nitrogens with one attached hydrogen (secondary N) is 2. The van der Waals surface area contributed by atoms with Gasteiger partial charge in [-0.25, -0.2) is 4.98 Å². The second-order valence-corrected chi connectivity index (χ2v) is 6.81. The van der Waals surface area contributed by atoms with Gasteiger partial charge in [-0.1, -0.05) is 12.1 Å². The Balaban J connectivity index is 2.12. The number of carbonyl (C=O) groups excluding carboxylic acids is 1. The van der Waals surface area contributed by atoms with E-state index in [0.717, 1.165) is 11.0 Å². The minimum Gasteiger partial charge on any atom is -0.353 e. The quantitative estimate of drug-likeness (QED) is 0.757. The van der Waals surface area contributed by atoms with Gasteiger partial charge in [0.15, 0.2) is 5.82 Å². The number of carbonyl (C=O) groups is 1. The normalized spacial score (nSPS) is 14.4. The molecule has 1 aromatic heterocycles. The molecule has 6 nitrogen and oxygen atoms in total. The summed E-state index contributed by atoms with van der Waals surface area (Å²) in [6.45, 7) is 0.528. The number of anilines is 3. The number of pyridine rings is 1. The number of para-hydroxylation sites is 1. The van der Waals surface area contributed by atoms with Crippen LogP contribution in [0.25, 0.3) is 0 Å². The number of nitrogens with zero attached hydrogens (tertiary/aromatic N) is 3. The molecule has 0 spiro atoms. The topological polar surface area (TPSA) is 81.1 Å². The summed E-state index contributed by atoms with van der Waals surface area (Å²) in [6, 6.07) is 9.48. The van der Waals surface area contributed by atoms with E-state index in [2.05, 4.69) is 15.6 Å². The lowest BCUT2D eigenvalue weighted by Crippen LogP contribution is -2.48. The maximum atomic E-state index is 13.6. The fourth-order valence-corrected chi connectivity index (χ4v) is 3.38. The van der Waals surface area contributed by atoms with Gasteiger partial charge >= 0.3 is 6.18 Å². The van der Waals surface area contributed by atoms with Crippen molar-refractivity contribution in [3.63, 3.8) is 0 Å². The van der Waals surface area contributed by atoms with Gasteiger partial charge < -0.3 is 15.5 Å². The Morgan fingerprint density at radius 3 is 2.75 bits per heavy atom. The third-order valence-corrected chi connectivity index (χ3v) is 4.94. The maximum Gasteiger partial charge on any atom is 0.417 e. The Labute approximate surface area is 163 Å². The van der Waals surface area contributed by atoms with Crippen molar-refractivity contribution in [2.45, 2.75) is 11.1 Å². The van der Waals surface area contributed by atoms with Gasteiger partial charge in [0.25, 0.3) is 0 Å². The monoisotopic (exact) mass is 407 g/mol. The number of hydrogen-bond donors (Lipinski definition) is 2. The zero-order valence-electron chi connectivity index (χ0n) is 14.8. The van der Waals surface area contributed by atoms with Gasteiger partial charge in [-0.05, 0) is 24.5 Å². The highest BCUT2D eigenvalue weighted by molar-refractivity contribution is 7.98. The average Bonchev–Trinajstić information content (AvgIpc) is 2.67. The molecule has 1 fully saturated rings. The lowest BCUT2D eigenvalue weighted by atomic mass is 10.1. The summed E-state index contributed by atoms with van der Waals surface area (Å²) in [5.41, 5.74) is -1.13. The smallest absolute Gasteiger partial charge is 0.353 e. The second-order valence-electron chi connectivity index (χ2n) is 5.96. The van der Waals surface area contributed by atoms with Crippen molar-refractivity contribution in [3.05, 3.63) is 41.5 Å². The number of nitriles is 1. The van der Waals surface area contributed by atoms with Crippen molar-refractivity contribution < 1.29 is 18.0 Å². The van der Waals surface area contributed by atoms with Gasteiger partial charge in [-0.3, -0.25) is 4.79 Å². The van der Waals surface area contributed by atoms with E-state index in [-0.39, 0.29) is 24.1 Å². The average molecular weight is 407 g/mol. The van der Waals surface area contributed by atoms with Gasteiger partial charge in [0, 0.05) is 18.0 Å². The number of halogens is 3. The highest BCUT2D eigenvalue weighted by Gasteiger charge is 2.37. The molecule has 2 heterocycles. The van der Waals surface area contributed by atoms with Crippen LogP contribution in [0.15, 0.2) is 35.2 Å². The summed E-state index contributed by atoms with van der Waals surface area (Å²) in [5.74, 6) is -0.502. The second kappa shape index (κ2) is 7.98. The van der Waals surface area contributed by atoms with Crippen LogP contribution >= 0.6 is 11.8 Å². The third kappa shape index (κ3) is 4.14. The van der Waals surface area contributed by atoms with Crippen molar-refractivity contribution in [3.8, 4) is 6.07 Å². The van der Waals surface area contributed by atoms with Crippen LogP contribution in [0.5, 0.6) is 0 Å². The number of aromatic nitrogens is 1. The van der Waals surface area contributed by atoms with Crippen LogP contribution < -0.4 is 15.5 Å². The number of thioether (sulfide) groups is 1. The highest BCUT2D eigenvalue weighted by Crippen LogP contribution is 2.38. The van der Waals surface area contributed by atoms with Crippen molar-refractivity contribution in [1.29, 1.82) is 5.26 Å². The van der Waals surface area contributed by atoms with Crippen molar-refractivity contribution in [2.24, 2.45) is 0 Å². The van der Waals surface area contributed by atoms with E-state index in [1.807, 2.05) is 12.3 Å². The van der Waals surface area contributed by atoms with E-state index >= 15 is 0 Å². The minimum atomic E-state index is -4.74. The van der Waals surface area contributed by atoms with E-state index in [1.165, 1.54) is 16.7 Å². The first-order valence-electron chi connectivity index (χ1n) is 8.27. The number of rotatable bonds is 4. The van der Waals surface area contributed by atoms with Crippen LogP contribution in [0.4, 0.5) is 30.5 Å². The van der Waals surface area contributed by atoms with E-state index in [9.17, 15) is 23.2 Å². The Morgan fingerprint density at radius 2 is 2.11 bits per heavy atom. The highest BCUT2D eigenvalue weighted by atomic mass is 32.2. The minimum absolute atomic E-state index is 0.00897. The Kier molecular flexibility index (Phi) is 5.65. The number of piperazine rings is 1. The summed E-state index contributed by atoms with van der Waals surface area (Å²) in [7, 11) is 0. The number of amides is 1. The van der Waals surface area contributed by atoms with Crippen LogP contribution in [0.2, 0.25) is 0 Å². The molecule has 0 unspecified atom stereocenters. The molecular weight excluding hydrogens is 391 g/mol. The van der Waals surface area contributed by atoms with E-state index in [1.54, 1.807) is 24.3 Å². The largest absolute Gasteiger partial charge is 0.417 e. The van der Waals surface area contributed by atoms with Crippen molar-refractivity contribution in [2.75, 3.05) is 36.1 Å². The van der Waals surface area contributed by atoms with E-state index in [4.69, 9.17) is 0 Å². The molecule has 3 rings (SSSR count). The molecule has 1 aliphatic heterocycles. The van der Waals surface area contributed by atoms with Crippen molar-refractivity contribution in [1.82, 2.24) is 10.3 Å². The van der Waals surface area contributed by atoms with Crippen molar-refractivity contribution >= 4 is 35.0 Å². The summed E-state index contributed by atoms with van der Waals surface area (Å²) in [4.78, 5) is 18.1. The maximum absolute atomic E-state index is 13.6. The molecular formula is C18H16F3N5OS. The van der Waals surface area contributed by atoms with Crippen LogP contribution in [0, 0.1) is 11.3 Å². The molecule has 0 bridgehead atoms. The third-order valence-electron chi connectivity index (χ3n) is 4.15. The summed E-state index contributed by atoms with van der Waals surface area (Å²) >= 11 is 1.41. The van der Waals surface area contributed by atoms with E-state index in [0.29, 0.717) is 18.8 Å². The van der Waals surface area contributed by atoms with Gasteiger partial charge in [0.1, 0.15) is 17.5 Å². The molecule has 0 radical (unpaired) electrons. The molecule has 146 valence electrons. The van der Waals surface area contributed by atoms with Crippen LogP contribution in [0.1, 0.15) is 11.1 Å². The number of benzene rings is 1. The standard InChI is InChI=1S/C18H16F3N5OS/c1-28-14-5-3-2-4-13(14)24-17-11(9-22)12(18(19,20)21)8-15(25-17)26-7-6-23-16(27)10-26/h2-5,8H,6-7,10H2,1H3,(H,23,27)(H,24,25). The van der Waals surface area contributed by atoms with Gasteiger partial charge in [-0.15, -0.1) is 11.8 Å². The lowest BCUT2D eigenvalue weighted by molar-refractivity contribution is -0.137. The molecule has 28 heavy (non-hydrogen) atoms. The molecule has 10 heteroatoms. The molecule has 0 saturated carbocycles. The Morgan fingerprint density at radius 1 is 1.36 bits per heavy atom. The molecule has 1 saturated heterocycles. The van der Waals surface area contributed by atoms with E-state index < -0.39 is 17.3 Å². The van der Waals surface area contributed by atoms with Crippen LogP contribution in [-0.2, 0) is 11.0 Å². The molecule has 1 aromatic carbocycles. The Bertz CT molecular complexity index is 942. The summed E-state index contributed by atoms with van der Waals surface area (Å²) < 4.78 is 40.8. The van der Waals surface area contributed by atoms with Gasteiger partial charge in [-0.2, -0.15) is 18.4 Å². The molecule has 1 aliphatic rings. The lowest BCUT2D eigenvalue weighted by Gasteiger charge is -2.29. The Hall–Kier alpha value is -2.93. The first-order chi connectivity index (χ1) is 13.3. The van der Waals surface area contributed by atoms with Gasteiger partial charge in [0.2, 0.25) is 5.91 Å². The predicted octanol–water partition coefficient (Wildman–Crippen LogP) is 3.37. The summed E-state index contributed by atoms with van der Waals surface area (Å²) in [5, 5.41) is 14.9. The fourth-order valence-electron chi connectivity index (χ4n) is 2.83. The predicted molar refractivity (Wildman–Crippen MR) is 101 cm³/mol. The zero-order valence-corrected chi connectivity index (χ0v) is 15.6. The van der Waals surface area contributed by atoms with Crippen LogP contribution in [-0.4, -0.2) is 36.8 Å². The van der Waals surface area contributed by atoms with Crippen LogP contribution in [0.3, 0.4) is 0 Å². The molecule has 2 aromatic rings. The molecule has 2 N–H and O–H groups in total. The molecule has 0 atom stereocenters. The SMILES string of the molecule is CSc1ccccc1Nc1nc(N2CCNC(=O)C2)cc(C(F)(F)F)c1C#N. The number of hydrogen-bond acceptors (Lipinski definition) is 6. The zero-order chi connectivity index (χ0) is 20.3. The summed E-state index contributed by atoms with van der Waals surface area (Å²) in [6.07, 6.45) is -2.90. The molecule has 0 aliphatic carbocycles. The van der Waals surface area contributed by atoms with Gasteiger partial charge in [0.05, 0.1) is 17.8 Å². The fraction of sp³-hybridized carbons (Fsp3) is 0.278. The first kappa shape index (κ1) is 19.8. The first-order valence-corrected chi connectivity index (χ1v) is 9.50.